The topological polar surface area (TPSA) is 57.7 Å². The van der Waals surface area contributed by atoms with Crippen LogP contribution in [0.15, 0.2) is 29.2 Å². The van der Waals surface area contributed by atoms with Crippen molar-refractivity contribution < 1.29 is 17.6 Å². The number of carbonyl (C=O) groups excluding carboxylic acids is 1. The first kappa shape index (κ1) is 14.6. The molecule has 1 amide bonds. The van der Waals surface area contributed by atoms with Gasteiger partial charge >= 0.3 is 0 Å². The van der Waals surface area contributed by atoms with Crippen molar-refractivity contribution in [3.05, 3.63) is 30.1 Å². The van der Waals surface area contributed by atoms with Gasteiger partial charge in [-0.1, -0.05) is 12.1 Å². The highest BCUT2D eigenvalue weighted by atomic mass is 32.2. The molecule has 0 atom stereocenters. The molecule has 0 spiro atoms. The zero-order valence-electron chi connectivity index (χ0n) is 10.4. The molecule has 7 heteroatoms. The van der Waals surface area contributed by atoms with Gasteiger partial charge in [0.15, 0.2) is 0 Å². The van der Waals surface area contributed by atoms with Crippen LogP contribution in [-0.4, -0.2) is 51.2 Å². The van der Waals surface area contributed by atoms with Crippen molar-refractivity contribution >= 4 is 15.9 Å². The van der Waals surface area contributed by atoms with Gasteiger partial charge in [-0.05, 0) is 12.1 Å². The molecular formula is C11H15FN2O3S. The van der Waals surface area contributed by atoms with E-state index in [1.54, 1.807) is 0 Å². The predicted molar refractivity (Wildman–Crippen MR) is 64.9 cm³/mol. The predicted octanol–water partition coefficient (Wildman–Crippen LogP) is 0.534. The number of nitrogens with zero attached hydrogens (tertiary/aromatic N) is 2. The number of carbonyl (C=O) groups is 1. The van der Waals surface area contributed by atoms with Crippen molar-refractivity contribution in [2.75, 3.05) is 27.7 Å². The summed E-state index contributed by atoms with van der Waals surface area (Å²) in [7, 11) is 0.291. The maximum absolute atomic E-state index is 13.4. The molecule has 0 radical (unpaired) electrons. The summed E-state index contributed by atoms with van der Waals surface area (Å²) in [5.74, 6) is -1.21. The Bertz CT molecular complexity index is 543. The number of hydrogen-bond donors (Lipinski definition) is 0. The normalized spacial score (nSPS) is 11.6. The summed E-state index contributed by atoms with van der Waals surface area (Å²) >= 11 is 0. The molecule has 0 saturated carbocycles. The van der Waals surface area contributed by atoms with Gasteiger partial charge in [-0.25, -0.2) is 12.8 Å². The second-order valence-corrected chi connectivity index (χ2v) is 5.99. The Balaban J connectivity index is 3.01. The summed E-state index contributed by atoms with van der Waals surface area (Å²) in [5, 5.41) is 0. The third kappa shape index (κ3) is 3.05. The Morgan fingerprint density at radius 1 is 1.22 bits per heavy atom. The molecule has 0 aliphatic rings. The molecule has 0 aromatic heterocycles. The fraction of sp³-hybridized carbons (Fsp3) is 0.364. The first-order chi connectivity index (χ1) is 8.26. The fourth-order valence-corrected chi connectivity index (χ4v) is 2.42. The highest BCUT2D eigenvalue weighted by Gasteiger charge is 2.26. The molecule has 0 aliphatic carbocycles. The zero-order valence-corrected chi connectivity index (χ0v) is 11.2. The quantitative estimate of drug-likeness (QED) is 0.805. The van der Waals surface area contributed by atoms with E-state index in [1.165, 1.54) is 44.2 Å². The lowest BCUT2D eigenvalue weighted by molar-refractivity contribution is -0.128. The first-order valence-electron chi connectivity index (χ1n) is 5.18. The summed E-state index contributed by atoms with van der Waals surface area (Å²) in [6.45, 7) is -0.330. The Morgan fingerprint density at radius 2 is 1.78 bits per heavy atom. The minimum Gasteiger partial charge on any atom is -0.348 e. The molecule has 100 valence electrons. The number of amides is 1. The van der Waals surface area contributed by atoms with E-state index in [0.29, 0.717) is 0 Å². The number of halogens is 1. The van der Waals surface area contributed by atoms with Gasteiger partial charge in [0.25, 0.3) is 0 Å². The second-order valence-electron chi connectivity index (χ2n) is 3.98. The molecule has 0 aliphatic heterocycles. The van der Waals surface area contributed by atoms with Crippen LogP contribution in [0.2, 0.25) is 0 Å². The molecule has 0 unspecified atom stereocenters. The third-order valence-electron chi connectivity index (χ3n) is 2.38. The van der Waals surface area contributed by atoms with Crippen LogP contribution in [0, 0.1) is 5.82 Å². The first-order valence-corrected chi connectivity index (χ1v) is 6.62. The van der Waals surface area contributed by atoms with E-state index in [2.05, 4.69) is 0 Å². The minimum absolute atomic E-state index is 0.330. The maximum Gasteiger partial charge on any atom is 0.246 e. The van der Waals surface area contributed by atoms with Gasteiger partial charge in [-0.3, -0.25) is 4.79 Å². The van der Waals surface area contributed by atoms with Crippen LogP contribution in [0.4, 0.5) is 4.39 Å². The smallest absolute Gasteiger partial charge is 0.246 e. The van der Waals surface area contributed by atoms with E-state index in [0.717, 1.165) is 10.4 Å². The number of rotatable bonds is 4. The van der Waals surface area contributed by atoms with Gasteiger partial charge in [-0.2, -0.15) is 4.31 Å². The van der Waals surface area contributed by atoms with E-state index in [4.69, 9.17) is 0 Å². The van der Waals surface area contributed by atoms with E-state index in [-0.39, 0.29) is 12.5 Å². The van der Waals surface area contributed by atoms with Crippen LogP contribution in [0.25, 0.3) is 0 Å². The number of sulfonamides is 1. The molecule has 0 saturated heterocycles. The number of benzene rings is 1. The number of hydrogen-bond acceptors (Lipinski definition) is 3. The fourth-order valence-electron chi connectivity index (χ4n) is 1.24. The van der Waals surface area contributed by atoms with Gasteiger partial charge in [0, 0.05) is 21.1 Å². The summed E-state index contributed by atoms with van der Waals surface area (Å²) in [5.41, 5.74) is 0. The Kier molecular flexibility index (Phi) is 4.42. The van der Waals surface area contributed by atoms with E-state index < -0.39 is 20.7 Å². The zero-order chi connectivity index (χ0) is 13.9. The van der Waals surface area contributed by atoms with Crippen molar-refractivity contribution in [1.82, 2.24) is 9.21 Å². The molecule has 1 rings (SSSR count). The summed E-state index contributed by atoms with van der Waals surface area (Å²) in [4.78, 5) is 12.3. The Labute approximate surface area is 106 Å². The van der Waals surface area contributed by atoms with Gasteiger partial charge in [-0.15, -0.1) is 0 Å². The van der Waals surface area contributed by atoms with Gasteiger partial charge < -0.3 is 4.90 Å². The lowest BCUT2D eigenvalue weighted by atomic mass is 10.4. The van der Waals surface area contributed by atoms with Crippen LogP contribution < -0.4 is 0 Å². The molecule has 1 aromatic rings. The van der Waals surface area contributed by atoms with Gasteiger partial charge in [0.2, 0.25) is 15.9 Å². The standard InChI is InChI=1S/C11H15FN2O3S/c1-13(2)11(15)8-14(3)18(16,17)10-7-5-4-6-9(10)12/h4-7H,8H2,1-3H3. The SMILES string of the molecule is CN(C)C(=O)CN(C)S(=O)(=O)c1ccccc1F. The average molecular weight is 274 g/mol. The molecular weight excluding hydrogens is 259 g/mol. The monoisotopic (exact) mass is 274 g/mol. The van der Waals surface area contributed by atoms with Crippen molar-refractivity contribution in [2.45, 2.75) is 4.90 Å². The highest BCUT2D eigenvalue weighted by Crippen LogP contribution is 2.17. The molecule has 1 aromatic carbocycles. The number of likely N-dealkylation sites (N-methyl/N-ethyl adjacent to an activating group) is 2. The van der Waals surface area contributed by atoms with Crippen LogP contribution in [-0.2, 0) is 14.8 Å². The van der Waals surface area contributed by atoms with Crippen molar-refractivity contribution in [3.63, 3.8) is 0 Å². The largest absolute Gasteiger partial charge is 0.348 e. The van der Waals surface area contributed by atoms with Crippen LogP contribution >= 0.6 is 0 Å². The van der Waals surface area contributed by atoms with E-state index >= 15 is 0 Å². The molecule has 0 N–H and O–H groups in total. The molecule has 18 heavy (non-hydrogen) atoms. The van der Waals surface area contributed by atoms with Crippen LogP contribution in [0.5, 0.6) is 0 Å². The molecule has 0 heterocycles. The van der Waals surface area contributed by atoms with Crippen LogP contribution in [0.1, 0.15) is 0 Å². The lowest BCUT2D eigenvalue weighted by Crippen LogP contribution is -2.38. The highest BCUT2D eigenvalue weighted by molar-refractivity contribution is 7.89. The van der Waals surface area contributed by atoms with Crippen molar-refractivity contribution in [2.24, 2.45) is 0 Å². The summed E-state index contributed by atoms with van der Waals surface area (Å²) in [6.07, 6.45) is 0. The lowest BCUT2D eigenvalue weighted by Gasteiger charge is -2.19. The average Bonchev–Trinajstić information content (AvgIpc) is 2.28. The van der Waals surface area contributed by atoms with Gasteiger partial charge in [0.1, 0.15) is 10.7 Å². The van der Waals surface area contributed by atoms with Crippen molar-refractivity contribution in [3.8, 4) is 0 Å². The van der Waals surface area contributed by atoms with Gasteiger partial charge in [0.05, 0.1) is 6.54 Å². The Hall–Kier alpha value is -1.47. The Morgan fingerprint density at radius 3 is 2.28 bits per heavy atom. The van der Waals surface area contributed by atoms with Crippen molar-refractivity contribution in [1.29, 1.82) is 0 Å². The van der Waals surface area contributed by atoms with E-state index in [9.17, 15) is 17.6 Å². The maximum atomic E-state index is 13.4. The summed E-state index contributed by atoms with van der Waals surface area (Å²) in [6, 6.07) is 5.06. The third-order valence-corrected chi connectivity index (χ3v) is 4.22. The molecule has 5 nitrogen and oxygen atoms in total. The minimum atomic E-state index is -3.99. The van der Waals surface area contributed by atoms with Crippen LogP contribution in [0.3, 0.4) is 0 Å². The molecule has 0 bridgehead atoms. The molecule has 0 fully saturated rings. The van der Waals surface area contributed by atoms with E-state index in [1.807, 2.05) is 0 Å². The second kappa shape index (κ2) is 5.45. The summed E-state index contributed by atoms with van der Waals surface area (Å²) < 4.78 is 38.3.